The number of rotatable bonds is 3. The molecule has 0 fully saturated rings. The number of carbonyl (C=O) groups excluding carboxylic acids is 2. The number of benzene rings is 2. The Morgan fingerprint density at radius 3 is 1.43 bits per heavy atom. The summed E-state index contributed by atoms with van der Waals surface area (Å²) in [6.07, 6.45) is 0.962. The topological polar surface area (TPSA) is 71.1 Å². The van der Waals surface area contributed by atoms with E-state index in [-0.39, 0.29) is 0 Å². The van der Waals surface area contributed by atoms with E-state index in [0.29, 0.717) is 24.4 Å². The standard InChI is InChI=1S/C24H22O6/c1-27-23(25)29-19-13-11-15-7-3-5-9-17(15)21(19)22-18-10-6-4-8-16(18)12-14-20(22)30-24(26)28-2/h3-10H,11-14H2,1-2H3. The summed E-state index contributed by atoms with van der Waals surface area (Å²) in [5, 5.41) is 0. The van der Waals surface area contributed by atoms with Crippen molar-refractivity contribution in [3.63, 3.8) is 0 Å². The molecule has 0 atom stereocenters. The van der Waals surface area contributed by atoms with Crippen LogP contribution in [0.3, 0.4) is 0 Å². The fourth-order valence-electron chi connectivity index (χ4n) is 4.05. The molecule has 0 unspecified atom stereocenters. The Morgan fingerprint density at radius 1 is 0.633 bits per heavy atom. The van der Waals surface area contributed by atoms with Crippen LogP contribution in [0.1, 0.15) is 35.1 Å². The average molecular weight is 406 g/mol. The molecular weight excluding hydrogens is 384 g/mol. The third kappa shape index (κ3) is 3.68. The minimum atomic E-state index is -0.776. The van der Waals surface area contributed by atoms with Crippen LogP contribution < -0.4 is 0 Å². The van der Waals surface area contributed by atoms with Crippen LogP contribution in [-0.4, -0.2) is 26.5 Å². The zero-order valence-electron chi connectivity index (χ0n) is 16.9. The molecule has 0 N–H and O–H groups in total. The van der Waals surface area contributed by atoms with Crippen molar-refractivity contribution in [2.75, 3.05) is 14.2 Å². The SMILES string of the molecule is COC(=O)OC1=C(C2=C(OC(=O)OC)CCc3ccccc32)c2ccccc2CC1. The number of fused-ring (bicyclic) bond motifs is 2. The Bertz CT molecular complexity index is 977. The van der Waals surface area contributed by atoms with Crippen LogP contribution in [-0.2, 0) is 31.8 Å². The van der Waals surface area contributed by atoms with Gasteiger partial charge in [-0.15, -0.1) is 0 Å². The summed E-state index contributed by atoms with van der Waals surface area (Å²) in [7, 11) is 2.56. The van der Waals surface area contributed by atoms with E-state index in [1.807, 2.05) is 36.4 Å². The molecule has 6 heteroatoms. The highest BCUT2D eigenvalue weighted by Crippen LogP contribution is 2.46. The molecule has 2 aromatic rings. The number of aryl methyl sites for hydroxylation is 2. The first kappa shape index (κ1) is 19.8. The van der Waals surface area contributed by atoms with Crippen LogP contribution in [0.25, 0.3) is 11.1 Å². The van der Waals surface area contributed by atoms with Crippen molar-refractivity contribution >= 4 is 23.5 Å². The molecule has 6 nitrogen and oxygen atoms in total. The van der Waals surface area contributed by atoms with Gasteiger partial charge in [0.1, 0.15) is 11.5 Å². The summed E-state index contributed by atoms with van der Waals surface area (Å²) in [5.41, 5.74) is 5.65. The van der Waals surface area contributed by atoms with Gasteiger partial charge in [-0.1, -0.05) is 48.5 Å². The van der Waals surface area contributed by atoms with Gasteiger partial charge in [-0.05, 0) is 35.1 Å². The number of hydrogen-bond acceptors (Lipinski definition) is 6. The van der Waals surface area contributed by atoms with Crippen molar-refractivity contribution < 1.29 is 28.5 Å². The molecule has 2 aromatic carbocycles. The molecule has 154 valence electrons. The lowest BCUT2D eigenvalue weighted by Gasteiger charge is -2.29. The molecule has 0 saturated carbocycles. The zero-order valence-corrected chi connectivity index (χ0v) is 16.9. The lowest BCUT2D eigenvalue weighted by molar-refractivity contribution is 0.0931. The van der Waals surface area contributed by atoms with Crippen molar-refractivity contribution in [1.82, 2.24) is 0 Å². The number of allylic oxidation sites excluding steroid dienone is 4. The molecule has 0 aliphatic heterocycles. The van der Waals surface area contributed by atoms with Gasteiger partial charge in [-0.3, -0.25) is 0 Å². The van der Waals surface area contributed by atoms with Crippen LogP contribution in [0.15, 0.2) is 60.0 Å². The molecule has 0 saturated heterocycles. The normalized spacial score (nSPS) is 15.1. The van der Waals surface area contributed by atoms with Gasteiger partial charge in [0, 0.05) is 24.0 Å². The third-order valence-electron chi connectivity index (χ3n) is 5.37. The minimum absolute atomic E-state index is 0.498. The molecule has 4 rings (SSSR count). The average Bonchev–Trinajstić information content (AvgIpc) is 2.79. The molecule has 0 amide bonds. The van der Waals surface area contributed by atoms with Crippen molar-refractivity contribution in [2.45, 2.75) is 25.7 Å². The summed E-state index contributed by atoms with van der Waals surface area (Å²) in [6, 6.07) is 15.9. The van der Waals surface area contributed by atoms with E-state index in [4.69, 9.17) is 18.9 Å². The van der Waals surface area contributed by atoms with Gasteiger partial charge in [0.15, 0.2) is 0 Å². The Hall–Kier alpha value is -3.54. The van der Waals surface area contributed by atoms with E-state index in [9.17, 15) is 9.59 Å². The first-order valence-corrected chi connectivity index (χ1v) is 9.77. The van der Waals surface area contributed by atoms with E-state index >= 15 is 0 Å². The highest BCUT2D eigenvalue weighted by molar-refractivity contribution is 6.09. The van der Waals surface area contributed by atoms with Crippen LogP contribution >= 0.6 is 0 Å². The maximum atomic E-state index is 12.0. The van der Waals surface area contributed by atoms with Crippen molar-refractivity contribution in [1.29, 1.82) is 0 Å². The van der Waals surface area contributed by atoms with Gasteiger partial charge >= 0.3 is 12.3 Å². The van der Waals surface area contributed by atoms with Gasteiger partial charge in [0.05, 0.1) is 14.2 Å². The van der Waals surface area contributed by atoms with Crippen LogP contribution in [0.2, 0.25) is 0 Å². The summed E-state index contributed by atoms with van der Waals surface area (Å²) < 4.78 is 20.6. The van der Waals surface area contributed by atoms with Crippen LogP contribution in [0.5, 0.6) is 0 Å². The fourth-order valence-corrected chi connectivity index (χ4v) is 4.05. The summed E-state index contributed by atoms with van der Waals surface area (Å²) in [4.78, 5) is 23.9. The molecule has 2 aliphatic rings. The molecule has 0 heterocycles. The molecule has 0 spiro atoms. The predicted molar refractivity (Wildman–Crippen MR) is 110 cm³/mol. The molecular formula is C24H22O6. The van der Waals surface area contributed by atoms with Crippen molar-refractivity contribution in [3.05, 3.63) is 82.3 Å². The van der Waals surface area contributed by atoms with Crippen LogP contribution in [0, 0.1) is 0 Å². The minimum Gasteiger partial charge on any atom is -0.437 e. The monoisotopic (exact) mass is 406 g/mol. The lowest BCUT2D eigenvalue weighted by Crippen LogP contribution is -2.17. The van der Waals surface area contributed by atoms with E-state index < -0.39 is 12.3 Å². The maximum Gasteiger partial charge on any atom is 0.513 e. The summed E-state index contributed by atoms with van der Waals surface area (Å²) in [6.45, 7) is 0. The van der Waals surface area contributed by atoms with Crippen molar-refractivity contribution in [2.24, 2.45) is 0 Å². The van der Waals surface area contributed by atoms with Crippen molar-refractivity contribution in [3.8, 4) is 0 Å². The van der Waals surface area contributed by atoms with Gasteiger partial charge < -0.3 is 18.9 Å². The lowest BCUT2D eigenvalue weighted by atomic mass is 9.78. The second-order valence-corrected chi connectivity index (χ2v) is 7.02. The fraction of sp³-hybridized carbons (Fsp3) is 0.250. The highest BCUT2D eigenvalue weighted by Gasteiger charge is 2.32. The zero-order chi connectivity index (χ0) is 21.1. The summed E-state index contributed by atoms with van der Waals surface area (Å²) >= 11 is 0. The number of hydrogen-bond donors (Lipinski definition) is 0. The first-order chi connectivity index (χ1) is 14.6. The number of carbonyl (C=O) groups is 2. The van der Waals surface area contributed by atoms with Crippen LogP contribution in [0.4, 0.5) is 9.59 Å². The Morgan fingerprint density at radius 2 is 1.03 bits per heavy atom. The Balaban J connectivity index is 1.98. The smallest absolute Gasteiger partial charge is 0.437 e. The maximum absolute atomic E-state index is 12.0. The van der Waals surface area contributed by atoms with Gasteiger partial charge in [0.2, 0.25) is 0 Å². The Labute approximate surface area is 174 Å². The van der Waals surface area contributed by atoms with E-state index in [0.717, 1.165) is 46.2 Å². The molecule has 0 bridgehead atoms. The van der Waals surface area contributed by atoms with E-state index in [1.165, 1.54) is 14.2 Å². The number of ether oxygens (including phenoxy) is 4. The summed E-state index contributed by atoms with van der Waals surface area (Å²) in [5.74, 6) is 0.997. The molecule has 2 aliphatic carbocycles. The molecule has 30 heavy (non-hydrogen) atoms. The van der Waals surface area contributed by atoms with Gasteiger partial charge in [-0.25, -0.2) is 9.59 Å². The molecule has 0 radical (unpaired) electrons. The van der Waals surface area contributed by atoms with Gasteiger partial charge in [-0.2, -0.15) is 0 Å². The van der Waals surface area contributed by atoms with Gasteiger partial charge in [0.25, 0.3) is 0 Å². The first-order valence-electron chi connectivity index (χ1n) is 9.77. The molecule has 0 aromatic heterocycles. The largest absolute Gasteiger partial charge is 0.513 e. The Kier molecular flexibility index (Phi) is 5.57. The highest BCUT2D eigenvalue weighted by atomic mass is 16.7. The predicted octanol–water partition coefficient (Wildman–Crippen LogP) is 5.27. The quantitative estimate of drug-likeness (QED) is 0.647. The third-order valence-corrected chi connectivity index (χ3v) is 5.37. The van der Waals surface area contributed by atoms with E-state index in [1.54, 1.807) is 0 Å². The second-order valence-electron chi connectivity index (χ2n) is 7.02. The van der Waals surface area contributed by atoms with E-state index in [2.05, 4.69) is 12.1 Å². The second kappa shape index (κ2) is 8.45. The number of methoxy groups -OCH3 is 2.